The fourth-order valence-electron chi connectivity index (χ4n) is 1.58. The van der Waals surface area contributed by atoms with E-state index in [0.717, 1.165) is 0 Å². The number of ether oxygens (including phenoxy) is 1. The second kappa shape index (κ2) is 9.18. The minimum atomic E-state index is -0.462. The number of benzene rings is 1. The van der Waals surface area contributed by atoms with Crippen molar-refractivity contribution in [2.45, 2.75) is 18.7 Å². The Balaban J connectivity index is 2.41. The van der Waals surface area contributed by atoms with Gasteiger partial charge in [0.05, 0.1) is 10.8 Å². The Hall–Kier alpha value is -0.910. The lowest BCUT2D eigenvalue weighted by molar-refractivity contribution is -0.149. The predicted octanol–water partition coefficient (Wildman–Crippen LogP) is 3.50. The van der Waals surface area contributed by atoms with E-state index in [1.165, 1.54) is 11.8 Å². The summed E-state index contributed by atoms with van der Waals surface area (Å²) in [6.45, 7) is 4.71. The Morgan fingerprint density at radius 3 is 2.52 bits per heavy atom. The first-order valence-corrected chi connectivity index (χ1v) is 8.23. The number of nitrogens with zero attached hydrogens (tertiary/aromatic N) is 1. The largest absolute Gasteiger partial charge is 0.455 e. The lowest BCUT2D eigenvalue weighted by Crippen LogP contribution is -2.34. The molecule has 0 heterocycles. The third kappa shape index (κ3) is 6.16. The molecule has 0 atom stereocenters. The molecule has 0 saturated carbocycles. The maximum Gasteiger partial charge on any atom is 0.316 e. The average Bonchev–Trinajstić information content (AvgIpc) is 2.47. The van der Waals surface area contributed by atoms with Gasteiger partial charge in [-0.1, -0.05) is 23.2 Å². The van der Waals surface area contributed by atoms with E-state index >= 15 is 0 Å². The predicted molar refractivity (Wildman–Crippen MR) is 86.1 cm³/mol. The zero-order chi connectivity index (χ0) is 15.8. The molecule has 1 rings (SSSR count). The maximum absolute atomic E-state index is 11.7. The zero-order valence-corrected chi connectivity index (χ0v) is 14.2. The van der Waals surface area contributed by atoms with Crippen molar-refractivity contribution in [2.75, 3.05) is 25.4 Å². The molecular formula is C14H17Cl2NO3S. The monoisotopic (exact) mass is 349 g/mol. The summed E-state index contributed by atoms with van der Waals surface area (Å²) in [5.74, 6) is -0.582. The van der Waals surface area contributed by atoms with E-state index in [4.69, 9.17) is 27.9 Å². The molecule has 0 fully saturated rings. The van der Waals surface area contributed by atoms with Gasteiger partial charge in [0.2, 0.25) is 0 Å². The number of carbonyl (C=O) groups excluding carboxylic acids is 2. The van der Waals surface area contributed by atoms with Crippen LogP contribution in [0.3, 0.4) is 0 Å². The Labute approximate surface area is 138 Å². The van der Waals surface area contributed by atoms with Crippen molar-refractivity contribution in [3.63, 3.8) is 0 Å². The van der Waals surface area contributed by atoms with E-state index < -0.39 is 5.97 Å². The number of rotatable bonds is 7. The van der Waals surface area contributed by atoms with Gasteiger partial charge in [0.1, 0.15) is 0 Å². The normalized spacial score (nSPS) is 10.3. The zero-order valence-electron chi connectivity index (χ0n) is 11.9. The second-order valence-corrected chi connectivity index (χ2v) is 5.95. The summed E-state index contributed by atoms with van der Waals surface area (Å²) in [5.41, 5.74) is 0. The number of likely N-dealkylation sites (N-methyl/N-ethyl adjacent to an activating group) is 1. The number of hydrogen-bond acceptors (Lipinski definition) is 4. The number of carbonyl (C=O) groups is 2. The van der Waals surface area contributed by atoms with E-state index in [2.05, 4.69) is 0 Å². The van der Waals surface area contributed by atoms with Crippen LogP contribution in [0, 0.1) is 0 Å². The third-order valence-electron chi connectivity index (χ3n) is 2.71. The number of thioether (sulfide) groups is 1. The summed E-state index contributed by atoms with van der Waals surface area (Å²) in [6, 6.07) is 5.03. The van der Waals surface area contributed by atoms with Crippen LogP contribution < -0.4 is 0 Å². The SMILES string of the molecule is CCN(CC)C(=O)COC(=O)CSc1cc(Cl)ccc1Cl. The van der Waals surface area contributed by atoms with E-state index in [9.17, 15) is 9.59 Å². The van der Waals surface area contributed by atoms with Crippen LogP contribution in [0.15, 0.2) is 23.1 Å². The van der Waals surface area contributed by atoms with Gasteiger partial charge in [-0.3, -0.25) is 9.59 Å². The molecule has 0 aromatic heterocycles. The van der Waals surface area contributed by atoms with Crippen LogP contribution in [0.1, 0.15) is 13.8 Å². The van der Waals surface area contributed by atoms with Crippen molar-refractivity contribution in [3.8, 4) is 0 Å². The fraction of sp³-hybridized carbons (Fsp3) is 0.429. The van der Waals surface area contributed by atoms with Gasteiger partial charge in [-0.2, -0.15) is 0 Å². The molecule has 0 N–H and O–H groups in total. The van der Waals surface area contributed by atoms with Crippen LogP contribution in [-0.4, -0.2) is 42.2 Å². The molecule has 0 aliphatic carbocycles. The molecule has 1 aromatic carbocycles. The van der Waals surface area contributed by atoms with Crippen LogP contribution in [0.4, 0.5) is 0 Å². The third-order valence-corrected chi connectivity index (χ3v) is 4.42. The summed E-state index contributed by atoms with van der Waals surface area (Å²) in [6.07, 6.45) is 0. The van der Waals surface area contributed by atoms with Crippen LogP contribution >= 0.6 is 35.0 Å². The highest BCUT2D eigenvalue weighted by atomic mass is 35.5. The van der Waals surface area contributed by atoms with Crippen molar-refractivity contribution in [1.29, 1.82) is 0 Å². The second-order valence-electron chi connectivity index (χ2n) is 4.09. The Kier molecular flexibility index (Phi) is 7.93. The Morgan fingerprint density at radius 2 is 1.90 bits per heavy atom. The van der Waals surface area contributed by atoms with Gasteiger partial charge in [0.25, 0.3) is 5.91 Å². The highest BCUT2D eigenvalue weighted by Crippen LogP contribution is 2.29. The van der Waals surface area contributed by atoms with Crippen molar-refractivity contribution < 1.29 is 14.3 Å². The highest BCUT2D eigenvalue weighted by Gasteiger charge is 2.13. The highest BCUT2D eigenvalue weighted by molar-refractivity contribution is 8.00. The van der Waals surface area contributed by atoms with Gasteiger partial charge >= 0.3 is 5.97 Å². The number of hydrogen-bond donors (Lipinski definition) is 0. The van der Waals surface area contributed by atoms with Gasteiger partial charge in [-0.05, 0) is 32.0 Å². The minimum Gasteiger partial charge on any atom is -0.455 e. The quantitative estimate of drug-likeness (QED) is 0.558. The van der Waals surface area contributed by atoms with Crippen LogP contribution in [0.5, 0.6) is 0 Å². The molecule has 1 aromatic rings. The average molecular weight is 350 g/mol. The van der Waals surface area contributed by atoms with Crippen LogP contribution in [-0.2, 0) is 14.3 Å². The van der Waals surface area contributed by atoms with E-state index in [0.29, 0.717) is 28.0 Å². The van der Waals surface area contributed by atoms with E-state index in [1.807, 2.05) is 13.8 Å². The molecule has 21 heavy (non-hydrogen) atoms. The molecule has 116 valence electrons. The molecule has 0 saturated heterocycles. The topological polar surface area (TPSA) is 46.6 Å². The first kappa shape index (κ1) is 18.1. The molecule has 7 heteroatoms. The minimum absolute atomic E-state index is 0.0750. The van der Waals surface area contributed by atoms with Gasteiger partial charge in [-0.15, -0.1) is 11.8 Å². The molecule has 0 aliphatic heterocycles. The first-order valence-electron chi connectivity index (χ1n) is 6.49. The summed E-state index contributed by atoms with van der Waals surface area (Å²) in [7, 11) is 0. The van der Waals surface area contributed by atoms with Gasteiger partial charge in [0.15, 0.2) is 6.61 Å². The van der Waals surface area contributed by atoms with Crippen molar-refractivity contribution in [1.82, 2.24) is 4.90 Å². The molecule has 0 spiro atoms. The standard InChI is InChI=1S/C14H17Cl2NO3S/c1-3-17(4-2)13(18)8-20-14(19)9-21-12-7-10(15)5-6-11(12)16/h5-7H,3-4,8-9H2,1-2H3. The smallest absolute Gasteiger partial charge is 0.316 e. The molecule has 0 unspecified atom stereocenters. The van der Waals surface area contributed by atoms with E-state index in [1.54, 1.807) is 23.1 Å². The first-order chi connectivity index (χ1) is 9.97. The molecule has 1 amide bonds. The maximum atomic E-state index is 11.7. The molecular weight excluding hydrogens is 333 g/mol. The summed E-state index contributed by atoms with van der Waals surface area (Å²) < 4.78 is 4.95. The molecule has 0 aliphatic rings. The van der Waals surface area contributed by atoms with Crippen molar-refractivity contribution >= 4 is 46.8 Å². The summed E-state index contributed by atoms with van der Waals surface area (Å²) in [4.78, 5) is 25.6. The lowest BCUT2D eigenvalue weighted by atomic mass is 10.4. The number of esters is 1. The molecule has 4 nitrogen and oxygen atoms in total. The van der Waals surface area contributed by atoms with Crippen molar-refractivity contribution in [3.05, 3.63) is 28.2 Å². The Bertz CT molecular complexity index is 507. The summed E-state index contributed by atoms with van der Waals surface area (Å²) >= 11 is 13.1. The number of amides is 1. The number of halogens is 2. The van der Waals surface area contributed by atoms with Gasteiger partial charge < -0.3 is 9.64 Å². The lowest BCUT2D eigenvalue weighted by Gasteiger charge is -2.18. The van der Waals surface area contributed by atoms with E-state index in [-0.39, 0.29) is 18.3 Å². The molecule has 0 radical (unpaired) electrons. The van der Waals surface area contributed by atoms with Crippen molar-refractivity contribution in [2.24, 2.45) is 0 Å². The Morgan fingerprint density at radius 1 is 1.24 bits per heavy atom. The summed E-state index contributed by atoms with van der Waals surface area (Å²) in [5, 5.41) is 1.07. The van der Waals surface area contributed by atoms with Gasteiger partial charge in [0, 0.05) is 23.0 Å². The van der Waals surface area contributed by atoms with Gasteiger partial charge in [-0.25, -0.2) is 0 Å². The fourth-order valence-corrected chi connectivity index (χ4v) is 2.87. The van der Waals surface area contributed by atoms with Crippen LogP contribution in [0.2, 0.25) is 10.0 Å². The molecule has 0 bridgehead atoms. The van der Waals surface area contributed by atoms with Crippen LogP contribution in [0.25, 0.3) is 0 Å².